The summed E-state index contributed by atoms with van der Waals surface area (Å²) in [6, 6.07) is 4.21. The summed E-state index contributed by atoms with van der Waals surface area (Å²) in [5, 5.41) is 14.7. The van der Waals surface area contributed by atoms with Gasteiger partial charge in [0.25, 0.3) is 0 Å². The smallest absolute Gasteiger partial charge is 0.337 e. The average molecular weight is 329 g/mol. The molecule has 102 valence electrons. The zero-order chi connectivity index (χ0) is 13.8. The lowest BCUT2D eigenvalue weighted by atomic mass is 10.1. The number of carbonyl (C=O) groups is 2. The molecule has 19 heavy (non-hydrogen) atoms. The Labute approximate surface area is 118 Å². The summed E-state index contributed by atoms with van der Waals surface area (Å²) >= 11 is 3.20. The van der Waals surface area contributed by atoms with Crippen molar-refractivity contribution in [1.29, 1.82) is 0 Å². The van der Waals surface area contributed by atoms with E-state index in [9.17, 15) is 9.59 Å². The van der Waals surface area contributed by atoms with Crippen LogP contribution in [0.3, 0.4) is 0 Å². The van der Waals surface area contributed by atoms with Gasteiger partial charge in [-0.1, -0.05) is 15.9 Å². The molecule has 1 fully saturated rings. The minimum Gasteiger partial charge on any atom is -0.478 e. The quantitative estimate of drug-likeness (QED) is 0.772. The maximum absolute atomic E-state index is 12.0. The highest BCUT2D eigenvalue weighted by Gasteiger charge is 2.22. The molecule has 7 heteroatoms. The SMILES string of the molecule is O=C(O)c1cc(Br)ccc1NC(=O)C1COCCN1. The van der Waals surface area contributed by atoms with Crippen molar-refractivity contribution in [3.8, 4) is 0 Å². The summed E-state index contributed by atoms with van der Waals surface area (Å²) in [5.41, 5.74) is 0.313. The van der Waals surface area contributed by atoms with Crippen molar-refractivity contribution in [2.75, 3.05) is 25.1 Å². The summed E-state index contributed by atoms with van der Waals surface area (Å²) in [5.74, 6) is -1.39. The van der Waals surface area contributed by atoms with E-state index in [0.717, 1.165) is 0 Å². The van der Waals surface area contributed by atoms with Crippen molar-refractivity contribution in [3.63, 3.8) is 0 Å². The molecular formula is C12H13BrN2O4. The third-order valence-electron chi connectivity index (χ3n) is 2.71. The first-order valence-corrected chi connectivity index (χ1v) is 6.52. The Bertz CT molecular complexity index is 501. The number of carbonyl (C=O) groups excluding carboxylic acids is 1. The van der Waals surface area contributed by atoms with Crippen LogP contribution < -0.4 is 10.6 Å². The van der Waals surface area contributed by atoms with E-state index < -0.39 is 12.0 Å². The summed E-state index contributed by atoms with van der Waals surface area (Å²) in [6.07, 6.45) is 0. The number of hydrogen-bond donors (Lipinski definition) is 3. The number of hydrogen-bond acceptors (Lipinski definition) is 4. The summed E-state index contributed by atoms with van der Waals surface area (Å²) in [7, 11) is 0. The van der Waals surface area contributed by atoms with Crippen LogP contribution in [0, 0.1) is 0 Å². The van der Waals surface area contributed by atoms with Gasteiger partial charge in [-0.3, -0.25) is 4.79 Å². The molecule has 1 aromatic carbocycles. The lowest BCUT2D eigenvalue weighted by molar-refractivity contribution is -0.120. The molecule has 1 unspecified atom stereocenters. The number of anilines is 1. The van der Waals surface area contributed by atoms with E-state index in [0.29, 0.717) is 17.6 Å². The Morgan fingerprint density at radius 3 is 2.89 bits per heavy atom. The van der Waals surface area contributed by atoms with Gasteiger partial charge in [0.15, 0.2) is 0 Å². The molecule has 1 amide bonds. The number of aromatic carboxylic acids is 1. The topological polar surface area (TPSA) is 87.7 Å². The molecule has 1 atom stereocenters. The molecule has 0 bridgehead atoms. The number of halogens is 1. The van der Waals surface area contributed by atoms with Crippen molar-refractivity contribution in [2.45, 2.75) is 6.04 Å². The molecule has 0 radical (unpaired) electrons. The van der Waals surface area contributed by atoms with Crippen LogP contribution in [0.15, 0.2) is 22.7 Å². The van der Waals surface area contributed by atoms with Crippen LogP contribution in [0.5, 0.6) is 0 Å². The molecule has 0 aliphatic carbocycles. The minimum atomic E-state index is -1.09. The number of rotatable bonds is 3. The fourth-order valence-electron chi connectivity index (χ4n) is 1.76. The molecule has 6 nitrogen and oxygen atoms in total. The Hall–Kier alpha value is -1.44. The van der Waals surface area contributed by atoms with E-state index in [-0.39, 0.29) is 23.8 Å². The van der Waals surface area contributed by atoms with Crippen LogP contribution in [-0.4, -0.2) is 42.8 Å². The summed E-state index contributed by atoms with van der Waals surface area (Å²) in [6.45, 7) is 1.46. The standard InChI is InChI=1S/C12H13BrN2O4/c13-7-1-2-9(8(5-7)12(17)18)15-11(16)10-6-19-4-3-14-10/h1-2,5,10,14H,3-4,6H2,(H,15,16)(H,17,18). The monoisotopic (exact) mass is 328 g/mol. The van der Waals surface area contributed by atoms with Crippen molar-refractivity contribution in [2.24, 2.45) is 0 Å². The number of morpholine rings is 1. The molecule has 0 aromatic heterocycles. The number of carboxylic acids is 1. The van der Waals surface area contributed by atoms with Crippen LogP contribution in [0.1, 0.15) is 10.4 Å². The van der Waals surface area contributed by atoms with Crippen molar-refractivity contribution < 1.29 is 19.4 Å². The average Bonchev–Trinajstić information content (AvgIpc) is 2.41. The number of carboxylic acid groups (broad SMARTS) is 1. The van der Waals surface area contributed by atoms with Crippen LogP contribution >= 0.6 is 15.9 Å². The van der Waals surface area contributed by atoms with Gasteiger partial charge in [0.2, 0.25) is 5.91 Å². The third-order valence-corrected chi connectivity index (χ3v) is 3.20. The van der Waals surface area contributed by atoms with Gasteiger partial charge in [-0.2, -0.15) is 0 Å². The predicted octanol–water partition coefficient (Wildman–Crippen LogP) is 1.07. The fraction of sp³-hybridized carbons (Fsp3) is 0.333. The molecule has 1 aromatic rings. The van der Waals surface area contributed by atoms with E-state index in [1.54, 1.807) is 12.1 Å². The molecule has 0 saturated carbocycles. The Balaban J connectivity index is 2.13. The highest BCUT2D eigenvalue weighted by Crippen LogP contribution is 2.21. The minimum absolute atomic E-state index is 0.0412. The molecule has 1 heterocycles. The molecule has 1 aliphatic heterocycles. The summed E-state index contributed by atoms with van der Waals surface area (Å²) in [4.78, 5) is 23.1. The van der Waals surface area contributed by atoms with Crippen molar-refractivity contribution >= 4 is 33.5 Å². The third kappa shape index (κ3) is 3.52. The molecule has 1 saturated heterocycles. The van der Waals surface area contributed by atoms with E-state index in [1.165, 1.54) is 6.07 Å². The molecule has 1 aliphatic rings. The molecular weight excluding hydrogens is 316 g/mol. The molecule has 3 N–H and O–H groups in total. The largest absolute Gasteiger partial charge is 0.478 e. The Morgan fingerprint density at radius 1 is 1.47 bits per heavy atom. The van der Waals surface area contributed by atoms with Gasteiger partial charge in [-0.05, 0) is 18.2 Å². The first-order valence-electron chi connectivity index (χ1n) is 5.73. The first kappa shape index (κ1) is 14.0. The Morgan fingerprint density at radius 2 is 2.26 bits per heavy atom. The number of benzene rings is 1. The van der Waals surface area contributed by atoms with Gasteiger partial charge in [0.05, 0.1) is 24.5 Å². The number of nitrogens with one attached hydrogen (secondary N) is 2. The lowest BCUT2D eigenvalue weighted by Gasteiger charge is -2.23. The maximum Gasteiger partial charge on any atom is 0.337 e. The van der Waals surface area contributed by atoms with Crippen LogP contribution in [-0.2, 0) is 9.53 Å². The van der Waals surface area contributed by atoms with Gasteiger partial charge < -0.3 is 20.5 Å². The highest BCUT2D eigenvalue weighted by molar-refractivity contribution is 9.10. The van der Waals surface area contributed by atoms with Gasteiger partial charge >= 0.3 is 5.97 Å². The van der Waals surface area contributed by atoms with Crippen LogP contribution in [0.2, 0.25) is 0 Å². The van der Waals surface area contributed by atoms with Crippen LogP contribution in [0.4, 0.5) is 5.69 Å². The Kier molecular flexibility index (Phi) is 4.52. The molecule has 2 rings (SSSR count). The molecule has 0 spiro atoms. The maximum atomic E-state index is 12.0. The van der Waals surface area contributed by atoms with E-state index in [1.807, 2.05) is 0 Å². The predicted molar refractivity (Wildman–Crippen MR) is 72.3 cm³/mol. The second kappa shape index (κ2) is 6.14. The number of ether oxygens (including phenoxy) is 1. The number of amides is 1. The second-order valence-corrected chi connectivity index (χ2v) is 4.98. The lowest BCUT2D eigenvalue weighted by Crippen LogP contribution is -2.49. The van der Waals surface area contributed by atoms with Crippen molar-refractivity contribution in [1.82, 2.24) is 5.32 Å². The second-order valence-electron chi connectivity index (χ2n) is 4.07. The van der Waals surface area contributed by atoms with E-state index >= 15 is 0 Å². The van der Waals surface area contributed by atoms with Gasteiger partial charge in [-0.15, -0.1) is 0 Å². The first-order chi connectivity index (χ1) is 9.08. The highest BCUT2D eigenvalue weighted by atomic mass is 79.9. The summed E-state index contributed by atoms with van der Waals surface area (Å²) < 4.78 is 5.83. The van der Waals surface area contributed by atoms with Gasteiger partial charge in [-0.25, -0.2) is 4.79 Å². The normalized spacial score (nSPS) is 18.9. The van der Waals surface area contributed by atoms with E-state index in [2.05, 4.69) is 26.6 Å². The van der Waals surface area contributed by atoms with Gasteiger partial charge in [0, 0.05) is 11.0 Å². The zero-order valence-electron chi connectivity index (χ0n) is 9.98. The van der Waals surface area contributed by atoms with Gasteiger partial charge in [0.1, 0.15) is 6.04 Å². The van der Waals surface area contributed by atoms with Crippen LogP contribution in [0.25, 0.3) is 0 Å². The van der Waals surface area contributed by atoms with E-state index in [4.69, 9.17) is 9.84 Å². The van der Waals surface area contributed by atoms with Crippen molar-refractivity contribution in [3.05, 3.63) is 28.2 Å². The zero-order valence-corrected chi connectivity index (χ0v) is 11.6. The fourth-order valence-corrected chi connectivity index (χ4v) is 2.12.